The van der Waals surface area contributed by atoms with Gasteiger partial charge in [0.25, 0.3) is 11.8 Å². The number of hydrogen-bond donors (Lipinski definition) is 1. The highest BCUT2D eigenvalue weighted by molar-refractivity contribution is 7.80. The van der Waals surface area contributed by atoms with Crippen LogP contribution < -0.4 is 10.3 Å². The summed E-state index contributed by atoms with van der Waals surface area (Å²) in [5.41, 5.74) is 2.92. The first kappa shape index (κ1) is 19.8. The van der Waals surface area contributed by atoms with E-state index in [0.29, 0.717) is 15.7 Å². The van der Waals surface area contributed by atoms with E-state index < -0.39 is 24.1 Å². The number of thiophene rings is 1. The van der Waals surface area contributed by atoms with Crippen LogP contribution in [0.4, 0.5) is 5.69 Å². The van der Waals surface area contributed by atoms with E-state index >= 15 is 0 Å². The molecule has 0 saturated carbocycles. The van der Waals surface area contributed by atoms with Crippen molar-refractivity contribution in [2.24, 2.45) is 0 Å². The lowest BCUT2D eigenvalue weighted by atomic mass is 10.2. The van der Waals surface area contributed by atoms with Gasteiger partial charge in [0.15, 0.2) is 0 Å². The van der Waals surface area contributed by atoms with E-state index in [1.807, 2.05) is 24.3 Å². The van der Waals surface area contributed by atoms with Crippen LogP contribution in [0.1, 0.15) is 16.1 Å². The standard InChI is InChI=1S/C19H11Cl2N3O3S2/c20-10-5-7-11(8-6-10)23-14(25)9-15(26)24(19(23)28)22-18(27)17-16(21)12-3-1-2-4-13(12)29-17/h1-8H,9H2,(H,22,27). The molecule has 0 bridgehead atoms. The predicted molar refractivity (Wildman–Crippen MR) is 117 cm³/mol. The van der Waals surface area contributed by atoms with Gasteiger partial charge < -0.3 is 0 Å². The van der Waals surface area contributed by atoms with Gasteiger partial charge in [0, 0.05) is 15.1 Å². The van der Waals surface area contributed by atoms with E-state index in [2.05, 4.69) is 5.43 Å². The van der Waals surface area contributed by atoms with Crippen LogP contribution in [-0.4, -0.2) is 27.8 Å². The third-order valence-corrected chi connectivity index (χ3v) is 6.51. The van der Waals surface area contributed by atoms with Gasteiger partial charge in [-0.15, -0.1) is 11.3 Å². The number of nitrogens with zero attached hydrogens (tertiary/aromatic N) is 2. The predicted octanol–water partition coefficient (Wildman–Crippen LogP) is 4.40. The Balaban J connectivity index is 1.62. The summed E-state index contributed by atoms with van der Waals surface area (Å²) in [7, 11) is 0. The van der Waals surface area contributed by atoms with E-state index in [1.54, 1.807) is 24.3 Å². The summed E-state index contributed by atoms with van der Waals surface area (Å²) in [6.45, 7) is 0. The number of hydrogen-bond acceptors (Lipinski definition) is 5. The fourth-order valence-electron chi connectivity index (χ4n) is 2.87. The van der Waals surface area contributed by atoms with Crippen molar-refractivity contribution in [3.63, 3.8) is 0 Å². The minimum Gasteiger partial charge on any atom is -0.273 e. The van der Waals surface area contributed by atoms with Gasteiger partial charge in [-0.05, 0) is 42.5 Å². The van der Waals surface area contributed by atoms with Gasteiger partial charge in [-0.25, -0.2) is 0 Å². The topological polar surface area (TPSA) is 69.7 Å². The van der Waals surface area contributed by atoms with E-state index in [4.69, 9.17) is 35.4 Å². The molecule has 1 N–H and O–H groups in total. The number of anilines is 1. The van der Waals surface area contributed by atoms with Crippen molar-refractivity contribution in [1.82, 2.24) is 10.4 Å². The Labute approximate surface area is 184 Å². The highest BCUT2D eigenvalue weighted by Crippen LogP contribution is 2.35. The zero-order valence-electron chi connectivity index (χ0n) is 14.5. The minimum atomic E-state index is -0.629. The number of nitrogens with one attached hydrogen (secondary N) is 1. The van der Waals surface area contributed by atoms with Gasteiger partial charge in [-0.2, -0.15) is 5.01 Å². The summed E-state index contributed by atoms with van der Waals surface area (Å²) >= 11 is 18.8. The van der Waals surface area contributed by atoms with Crippen LogP contribution in [0.2, 0.25) is 10.0 Å². The number of hydrazine groups is 1. The highest BCUT2D eigenvalue weighted by atomic mass is 35.5. The second kappa shape index (κ2) is 7.72. The molecule has 3 amide bonds. The number of carbonyl (C=O) groups is 3. The van der Waals surface area contributed by atoms with Crippen LogP contribution in [0.15, 0.2) is 48.5 Å². The summed E-state index contributed by atoms with van der Waals surface area (Å²) in [6, 6.07) is 13.7. The lowest BCUT2D eigenvalue weighted by Crippen LogP contribution is -2.61. The molecule has 2 aromatic carbocycles. The first-order chi connectivity index (χ1) is 13.9. The molecule has 0 atom stereocenters. The molecule has 0 unspecified atom stereocenters. The fourth-order valence-corrected chi connectivity index (χ4v) is 4.76. The highest BCUT2D eigenvalue weighted by Gasteiger charge is 2.37. The summed E-state index contributed by atoms with van der Waals surface area (Å²) in [5, 5.41) is 2.27. The first-order valence-electron chi connectivity index (χ1n) is 8.30. The van der Waals surface area contributed by atoms with Gasteiger partial charge in [-0.3, -0.25) is 24.7 Å². The third kappa shape index (κ3) is 3.60. The number of rotatable bonds is 3. The average Bonchev–Trinajstić information content (AvgIpc) is 3.03. The number of halogens is 2. The Morgan fingerprint density at radius 1 is 1.03 bits per heavy atom. The number of fused-ring (bicyclic) bond motifs is 1. The zero-order chi connectivity index (χ0) is 20.7. The summed E-state index contributed by atoms with van der Waals surface area (Å²) < 4.78 is 0.841. The average molecular weight is 464 g/mol. The molecule has 1 fully saturated rings. The first-order valence-corrected chi connectivity index (χ1v) is 10.3. The lowest BCUT2D eigenvalue weighted by Gasteiger charge is -2.35. The minimum absolute atomic E-state index is 0.154. The van der Waals surface area contributed by atoms with Gasteiger partial charge in [0.05, 0.1) is 10.7 Å². The summed E-state index contributed by atoms with van der Waals surface area (Å²) in [4.78, 5) is 39.0. The molecule has 1 aliphatic heterocycles. The van der Waals surface area contributed by atoms with E-state index in [1.165, 1.54) is 16.2 Å². The van der Waals surface area contributed by atoms with E-state index in [9.17, 15) is 14.4 Å². The van der Waals surface area contributed by atoms with Crippen LogP contribution in [0, 0.1) is 0 Å². The molecule has 0 spiro atoms. The summed E-state index contributed by atoms with van der Waals surface area (Å²) in [5.74, 6) is -1.71. The number of thiocarbonyl (C=S) groups is 1. The molecular formula is C19H11Cl2N3O3S2. The van der Waals surface area contributed by atoms with Crippen LogP contribution >= 0.6 is 46.8 Å². The molecule has 0 radical (unpaired) electrons. The maximum Gasteiger partial charge on any atom is 0.281 e. The Hall–Kier alpha value is -2.52. The smallest absolute Gasteiger partial charge is 0.273 e. The van der Waals surface area contributed by atoms with Gasteiger partial charge in [0.1, 0.15) is 11.3 Å². The molecule has 3 aromatic rings. The van der Waals surface area contributed by atoms with Crippen molar-refractivity contribution in [3.8, 4) is 0 Å². The van der Waals surface area contributed by atoms with Gasteiger partial charge in [-0.1, -0.05) is 41.4 Å². The molecule has 0 aliphatic carbocycles. The third-order valence-electron chi connectivity index (χ3n) is 4.22. The second-order valence-corrected chi connectivity index (χ2v) is 8.31. The molecule has 1 saturated heterocycles. The van der Waals surface area contributed by atoms with Crippen molar-refractivity contribution in [2.45, 2.75) is 6.42 Å². The summed E-state index contributed by atoms with van der Waals surface area (Å²) in [6.07, 6.45) is -0.441. The molecular weight excluding hydrogens is 453 g/mol. The van der Waals surface area contributed by atoms with Crippen molar-refractivity contribution >= 4 is 85.4 Å². The van der Waals surface area contributed by atoms with Crippen molar-refractivity contribution < 1.29 is 14.4 Å². The maximum atomic E-state index is 12.8. The number of carbonyl (C=O) groups excluding carboxylic acids is 3. The number of amides is 3. The molecule has 146 valence electrons. The van der Waals surface area contributed by atoms with Crippen LogP contribution in [0.3, 0.4) is 0 Å². The molecule has 29 heavy (non-hydrogen) atoms. The van der Waals surface area contributed by atoms with Crippen molar-refractivity contribution in [3.05, 3.63) is 63.5 Å². The van der Waals surface area contributed by atoms with E-state index in [-0.39, 0.29) is 9.99 Å². The SMILES string of the molecule is O=C(NN1C(=O)CC(=O)N(c2ccc(Cl)cc2)C1=S)c1sc2ccccc2c1Cl. The van der Waals surface area contributed by atoms with Gasteiger partial charge in [0.2, 0.25) is 11.0 Å². The Morgan fingerprint density at radius 2 is 1.72 bits per heavy atom. The second-order valence-electron chi connectivity index (χ2n) is 6.08. The Morgan fingerprint density at radius 3 is 2.41 bits per heavy atom. The zero-order valence-corrected chi connectivity index (χ0v) is 17.7. The number of benzene rings is 2. The Bertz CT molecular complexity index is 1180. The lowest BCUT2D eigenvalue weighted by molar-refractivity contribution is -0.135. The molecule has 4 rings (SSSR count). The van der Waals surface area contributed by atoms with Gasteiger partial charge >= 0.3 is 0 Å². The van der Waals surface area contributed by atoms with Crippen molar-refractivity contribution in [1.29, 1.82) is 0 Å². The largest absolute Gasteiger partial charge is 0.281 e. The molecule has 1 aromatic heterocycles. The molecule has 6 nitrogen and oxygen atoms in total. The fraction of sp³-hybridized carbons (Fsp3) is 0.0526. The van der Waals surface area contributed by atoms with E-state index in [0.717, 1.165) is 15.1 Å². The molecule has 2 heterocycles. The normalized spacial score (nSPS) is 14.6. The monoisotopic (exact) mass is 463 g/mol. The Kier molecular flexibility index (Phi) is 5.26. The van der Waals surface area contributed by atoms with Crippen LogP contribution in [0.5, 0.6) is 0 Å². The molecule has 10 heteroatoms. The van der Waals surface area contributed by atoms with Crippen molar-refractivity contribution in [2.75, 3.05) is 4.90 Å². The quantitative estimate of drug-likeness (QED) is 0.461. The van der Waals surface area contributed by atoms with Crippen LogP contribution in [0.25, 0.3) is 10.1 Å². The van der Waals surface area contributed by atoms with Crippen LogP contribution in [-0.2, 0) is 9.59 Å². The maximum absolute atomic E-state index is 12.8. The molecule has 1 aliphatic rings.